The molecule has 0 saturated heterocycles. The van der Waals surface area contributed by atoms with Gasteiger partial charge in [0.05, 0.1) is 7.11 Å². The minimum Gasteiger partial charge on any atom is -0.493 e. The third-order valence-corrected chi connectivity index (χ3v) is 7.84. The first-order chi connectivity index (χ1) is 19.5. The number of fused-ring (bicyclic) bond motifs is 1. The van der Waals surface area contributed by atoms with Crippen LogP contribution in [0.15, 0.2) is 72.8 Å². The van der Waals surface area contributed by atoms with E-state index < -0.39 is 24.0 Å². The van der Waals surface area contributed by atoms with Crippen LogP contribution in [0.5, 0.6) is 11.5 Å². The van der Waals surface area contributed by atoms with E-state index in [4.69, 9.17) is 9.47 Å². The molecule has 2 amide bonds. The highest BCUT2D eigenvalue weighted by molar-refractivity contribution is 5.92. The molecule has 2 aliphatic rings. The molecular formula is C32H34N2O6. The van der Waals surface area contributed by atoms with Crippen molar-refractivity contribution < 1.29 is 29.0 Å². The lowest BCUT2D eigenvalue weighted by Gasteiger charge is -2.37. The van der Waals surface area contributed by atoms with E-state index in [0.29, 0.717) is 22.6 Å². The van der Waals surface area contributed by atoms with Gasteiger partial charge in [-0.05, 0) is 35.6 Å². The van der Waals surface area contributed by atoms with Crippen molar-refractivity contribution in [3.63, 3.8) is 0 Å². The molecule has 1 saturated carbocycles. The number of amides is 2. The van der Waals surface area contributed by atoms with Crippen molar-refractivity contribution in [3.05, 3.63) is 95.1 Å². The first-order valence-electron chi connectivity index (χ1n) is 13.7. The molecule has 5 rings (SSSR count). The fraction of sp³-hybridized carbons (Fsp3) is 0.344. The van der Waals surface area contributed by atoms with Gasteiger partial charge in [-0.25, -0.2) is 4.79 Å². The maximum atomic E-state index is 14.1. The largest absolute Gasteiger partial charge is 0.493 e. The van der Waals surface area contributed by atoms with E-state index in [2.05, 4.69) is 5.32 Å². The molecule has 1 aliphatic heterocycles. The van der Waals surface area contributed by atoms with Crippen molar-refractivity contribution in [1.29, 1.82) is 0 Å². The zero-order valence-electron chi connectivity index (χ0n) is 22.5. The highest BCUT2D eigenvalue weighted by atomic mass is 16.5. The van der Waals surface area contributed by atoms with Gasteiger partial charge in [0.25, 0.3) is 5.91 Å². The van der Waals surface area contributed by atoms with Gasteiger partial charge in [0.1, 0.15) is 18.7 Å². The molecule has 208 valence electrons. The number of benzene rings is 3. The van der Waals surface area contributed by atoms with Crippen LogP contribution in [0, 0.1) is 5.92 Å². The van der Waals surface area contributed by atoms with Crippen LogP contribution < -0.4 is 14.8 Å². The first-order valence-corrected chi connectivity index (χ1v) is 13.7. The van der Waals surface area contributed by atoms with Crippen LogP contribution in [-0.2, 0) is 34.0 Å². The summed E-state index contributed by atoms with van der Waals surface area (Å²) in [6, 6.07) is 20.2. The molecule has 1 heterocycles. The maximum Gasteiger partial charge on any atom is 0.326 e. The van der Waals surface area contributed by atoms with Crippen LogP contribution in [0.25, 0.3) is 0 Å². The number of nitrogens with zero attached hydrogens (tertiary/aromatic N) is 1. The van der Waals surface area contributed by atoms with Crippen LogP contribution in [0.1, 0.15) is 54.0 Å². The third-order valence-electron chi connectivity index (χ3n) is 7.84. The fourth-order valence-corrected chi connectivity index (χ4v) is 5.66. The van der Waals surface area contributed by atoms with Crippen LogP contribution in [-0.4, -0.2) is 40.9 Å². The summed E-state index contributed by atoms with van der Waals surface area (Å²) in [6.45, 7) is 0.358. The third kappa shape index (κ3) is 5.81. The number of aliphatic carboxylic acids is 1. The second kappa shape index (κ2) is 12.2. The number of carbonyl (C=O) groups excluding carboxylic acids is 2. The molecule has 3 aromatic rings. The Labute approximate surface area is 233 Å². The molecule has 2 unspecified atom stereocenters. The number of carboxylic acids is 1. The van der Waals surface area contributed by atoms with Crippen LogP contribution in [0.2, 0.25) is 0 Å². The summed E-state index contributed by atoms with van der Waals surface area (Å²) in [4.78, 5) is 41.1. The average molecular weight is 543 g/mol. The molecule has 0 bridgehead atoms. The Bertz CT molecular complexity index is 1350. The lowest BCUT2D eigenvalue weighted by Crippen LogP contribution is -2.53. The van der Waals surface area contributed by atoms with Gasteiger partial charge in [-0.3, -0.25) is 9.59 Å². The predicted molar refractivity (Wildman–Crippen MR) is 149 cm³/mol. The summed E-state index contributed by atoms with van der Waals surface area (Å²) >= 11 is 0. The first kappa shape index (κ1) is 27.2. The van der Waals surface area contributed by atoms with Crippen molar-refractivity contribution in [3.8, 4) is 11.5 Å². The maximum absolute atomic E-state index is 14.1. The summed E-state index contributed by atoms with van der Waals surface area (Å²) in [5.74, 6) is -0.873. The van der Waals surface area contributed by atoms with Gasteiger partial charge in [-0.2, -0.15) is 0 Å². The molecule has 8 nitrogen and oxygen atoms in total. The molecule has 0 aromatic heterocycles. The van der Waals surface area contributed by atoms with Crippen molar-refractivity contribution in [2.24, 2.45) is 5.92 Å². The molecule has 1 aliphatic carbocycles. The molecule has 1 fully saturated rings. The normalized spacial score (nSPS) is 17.5. The van der Waals surface area contributed by atoms with Gasteiger partial charge in [0, 0.05) is 24.4 Å². The SMILES string of the molecule is COc1ccc2c(c1OCc1ccccc1)CC(C(=O)O)N(C(=O)C(NC(=O)C1CCCC1)c1ccccc1)C2. The summed E-state index contributed by atoms with van der Waals surface area (Å²) < 4.78 is 11.7. The summed E-state index contributed by atoms with van der Waals surface area (Å²) in [5, 5.41) is 13.2. The molecule has 0 radical (unpaired) electrons. The number of methoxy groups -OCH3 is 1. The van der Waals surface area contributed by atoms with Crippen LogP contribution in [0.4, 0.5) is 0 Å². The average Bonchev–Trinajstić information content (AvgIpc) is 3.54. The van der Waals surface area contributed by atoms with Gasteiger partial charge < -0.3 is 24.8 Å². The Morgan fingerprint density at radius 3 is 2.30 bits per heavy atom. The van der Waals surface area contributed by atoms with E-state index in [-0.39, 0.29) is 31.4 Å². The number of ether oxygens (including phenoxy) is 2. The molecule has 40 heavy (non-hydrogen) atoms. The summed E-state index contributed by atoms with van der Waals surface area (Å²) in [6.07, 6.45) is 3.62. The fourth-order valence-electron chi connectivity index (χ4n) is 5.66. The number of carboxylic acid groups (broad SMARTS) is 1. The second-order valence-corrected chi connectivity index (χ2v) is 10.4. The number of hydrogen-bond donors (Lipinski definition) is 2. The monoisotopic (exact) mass is 542 g/mol. The van der Waals surface area contributed by atoms with E-state index in [9.17, 15) is 19.5 Å². The topological polar surface area (TPSA) is 105 Å². The number of hydrogen-bond acceptors (Lipinski definition) is 5. The summed E-state index contributed by atoms with van der Waals surface area (Å²) in [5.41, 5.74) is 3.07. The minimum absolute atomic E-state index is 0.0514. The highest BCUT2D eigenvalue weighted by Gasteiger charge is 2.40. The number of nitrogens with one attached hydrogen (secondary N) is 1. The second-order valence-electron chi connectivity index (χ2n) is 10.4. The van der Waals surface area contributed by atoms with Crippen molar-refractivity contribution in [2.75, 3.05) is 7.11 Å². The standard InChI is InChI=1S/C32H34N2O6/c1-39-27-17-16-24-19-34(26(32(37)38)18-25(24)29(27)40-20-21-10-4-2-5-11-21)31(36)28(22-12-6-3-7-13-22)33-30(35)23-14-8-9-15-23/h2-7,10-13,16-17,23,26,28H,8-9,14-15,18-20H2,1H3,(H,33,35)(H,37,38). The summed E-state index contributed by atoms with van der Waals surface area (Å²) in [7, 11) is 1.54. The van der Waals surface area contributed by atoms with E-state index in [1.807, 2.05) is 42.5 Å². The zero-order chi connectivity index (χ0) is 28.1. The highest BCUT2D eigenvalue weighted by Crippen LogP contribution is 2.39. The minimum atomic E-state index is -1.14. The van der Waals surface area contributed by atoms with Gasteiger partial charge in [0.2, 0.25) is 5.91 Å². The molecule has 0 spiro atoms. The Hall–Kier alpha value is -4.33. The van der Waals surface area contributed by atoms with E-state index >= 15 is 0 Å². The van der Waals surface area contributed by atoms with E-state index in [1.165, 1.54) is 4.90 Å². The van der Waals surface area contributed by atoms with Gasteiger partial charge in [-0.15, -0.1) is 0 Å². The predicted octanol–water partition coefficient (Wildman–Crippen LogP) is 4.66. The molecule has 8 heteroatoms. The van der Waals surface area contributed by atoms with Gasteiger partial charge >= 0.3 is 5.97 Å². The molecule has 2 N–H and O–H groups in total. The van der Waals surface area contributed by atoms with Crippen molar-refractivity contribution >= 4 is 17.8 Å². The van der Waals surface area contributed by atoms with E-state index in [1.54, 1.807) is 37.4 Å². The Morgan fingerprint density at radius 1 is 0.975 bits per heavy atom. The van der Waals surface area contributed by atoms with Gasteiger partial charge in [0.15, 0.2) is 11.5 Å². The lowest BCUT2D eigenvalue weighted by molar-refractivity contribution is -0.153. The number of carbonyl (C=O) groups is 3. The molecule has 3 aromatic carbocycles. The molecular weight excluding hydrogens is 508 g/mol. The Morgan fingerprint density at radius 2 is 1.65 bits per heavy atom. The number of rotatable bonds is 9. The van der Waals surface area contributed by atoms with Crippen molar-refractivity contribution in [1.82, 2.24) is 10.2 Å². The van der Waals surface area contributed by atoms with E-state index in [0.717, 1.165) is 36.8 Å². The lowest BCUT2D eigenvalue weighted by atomic mass is 9.91. The van der Waals surface area contributed by atoms with Crippen LogP contribution in [0.3, 0.4) is 0 Å². The Kier molecular flexibility index (Phi) is 8.34. The Balaban J connectivity index is 1.46. The smallest absolute Gasteiger partial charge is 0.326 e. The van der Waals surface area contributed by atoms with Crippen LogP contribution >= 0.6 is 0 Å². The van der Waals surface area contributed by atoms with Gasteiger partial charge in [-0.1, -0.05) is 79.6 Å². The molecule has 2 atom stereocenters. The quantitative estimate of drug-likeness (QED) is 0.408. The van der Waals surface area contributed by atoms with Crippen molar-refractivity contribution in [2.45, 2.75) is 57.3 Å². The zero-order valence-corrected chi connectivity index (χ0v) is 22.5.